The Kier molecular flexibility index (Phi) is 4.88. The van der Waals surface area contributed by atoms with Gasteiger partial charge in [-0.15, -0.1) is 0 Å². The topological polar surface area (TPSA) is 31.4 Å². The van der Waals surface area contributed by atoms with Crippen LogP contribution in [0.2, 0.25) is 0 Å². The normalized spacial score (nSPS) is 21.1. The molecule has 0 bridgehead atoms. The monoisotopic (exact) mass is 288 g/mol. The molecule has 0 amide bonds. The molecule has 4 nitrogen and oxygen atoms in total. The molecule has 4 heteroatoms. The lowest BCUT2D eigenvalue weighted by Gasteiger charge is -2.35. The summed E-state index contributed by atoms with van der Waals surface area (Å²) in [6.07, 6.45) is 5.21. The molecule has 0 radical (unpaired) electrons. The maximum Gasteiger partial charge on any atom is 0.0547 e. The second-order valence-corrected chi connectivity index (χ2v) is 6.73. The molecule has 0 unspecified atom stereocenters. The molecule has 0 aromatic carbocycles. The fraction of sp³-hybridized carbons (Fsp3) is 0.706. The van der Waals surface area contributed by atoms with Crippen LogP contribution >= 0.6 is 0 Å². The number of hydrogen-bond acceptors (Lipinski definition) is 4. The summed E-state index contributed by atoms with van der Waals surface area (Å²) >= 11 is 0. The van der Waals surface area contributed by atoms with Gasteiger partial charge in [-0.1, -0.05) is 6.07 Å². The van der Waals surface area contributed by atoms with E-state index < -0.39 is 0 Å². The minimum absolute atomic E-state index is 0.705. The molecular weight excluding hydrogens is 260 g/mol. The first-order valence-electron chi connectivity index (χ1n) is 8.27. The first-order chi connectivity index (χ1) is 10.2. The fourth-order valence-electron chi connectivity index (χ4n) is 3.07. The highest BCUT2D eigenvalue weighted by Crippen LogP contribution is 2.19. The third-order valence-electron chi connectivity index (χ3n) is 4.74. The van der Waals surface area contributed by atoms with Gasteiger partial charge < -0.3 is 10.2 Å². The van der Waals surface area contributed by atoms with Crippen LogP contribution in [-0.4, -0.2) is 54.1 Å². The number of aromatic nitrogens is 1. The highest BCUT2D eigenvalue weighted by atomic mass is 15.2. The Morgan fingerprint density at radius 1 is 1.19 bits per heavy atom. The van der Waals surface area contributed by atoms with Crippen LogP contribution in [0.5, 0.6) is 0 Å². The summed E-state index contributed by atoms with van der Waals surface area (Å²) in [4.78, 5) is 9.71. The van der Waals surface area contributed by atoms with Gasteiger partial charge in [0.1, 0.15) is 0 Å². The second kappa shape index (κ2) is 6.86. The minimum Gasteiger partial charge on any atom is -0.308 e. The Balaban J connectivity index is 1.52. The van der Waals surface area contributed by atoms with E-state index in [9.17, 15) is 0 Å². The van der Waals surface area contributed by atoms with Crippen molar-refractivity contribution in [2.45, 2.75) is 50.9 Å². The number of pyridine rings is 1. The molecular formula is C17H28N4. The van der Waals surface area contributed by atoms with Crippen LogP contribution < -0.4 is 5.32 Å². The Bertz CT molecular complexity index is 450. The van der Waals surface area contributed by atoms with Crippen molar-refractivity contribution in [3.63, 3.8) is 0 Å². The van der Waals surface area contributed by atoms with E-state index in [0.29, 0.717) is 6.04 Å². The maximum absolute atomic E-state index is 4.81. The van der Waals surface area contributed by atoms with Crippen LogP contribution in [0.1, 0.15) is 37.1 Å². The molecule has 2 fully saturated rings. The van der Waals surface area contributed by atoms with Gasteiger partial charge in [0, 0.05) is 25.2 Å². The smallest absolute Gasteiger partial charge is 0.0547 e. The van der Waals surface area contributed by atoms with Gasteiger partial charge in [0.2, 0.25) is 0 Å². The zero-order valence-electron chi connectivity index (χ0n) is 13.4. The molecule has 1 aromatic heterocycles. The number of rotatable bonds is 6. The molecule has 1 aromatic rings. The molecule has 1 N–H and O–H groups in total. The van der Waals surface area contributed by atoms with Crippen molar-refractivity contribution in [3.8, 4) is 0 Å². The predicted octanol–water partition coefficient (Wildman–Crippen LogP) is 1.86. The summed E-state index contributed by atoms with van der Waals surface area (Å²) in [6, 6.07) is 7.89. The van der Waals surface area contributed by atoms with Gasteiger partial charge in [0.05, 0.1) is 11.4 Å². The van der Waals surface area contributed by atoms with Crippen molar-refractivity contribution in [3.05, 3.63) is 29.6 Å². The van der Waals surface area contributed by atoms with E-state index >= 15 is 0 Å². The van der Waals surface area contributed by atoms with E-state index in [1.807, 2.05) is 0 Å². The first-order valence-corrected chi connectivity index (χ1v) is 8.27. The lowest BCUT2D eigenvalue weighted by atomic mass is 10.0. The minimum atomic E-state index is 0.705. The van der Waals surface area contributed by atoms with Gasteiger partial charge in [-0.2, -0.15) is 0 Å². The van der Waals surface area contributed by atoms with Crippen LogP contribution in [0.4, 0.5) is 0 Å². The third-order valence-corrected chi connectivity index (χ3v) is 4.74. The van der Waals surface area contributed by atoms with Crippen molar-refractivity contribution in [2.24, 2.45) is 0 Å². The van der Waals surface area contributed by atoms with Crippen molar-refractivity contribution < 1.29 is 0 Å². The molecule has 0 atom stereocenters. The average Bonchev–Trinajstić information content (AvgIpc) is 3.30. The largest absolute Gasteiger partial charge is 0.308 e. The van der Waals surface area contributed by atoms with E-state index in [4.69, 9.17) is 4.98 Å². The summed E-state index contributed by atoms with van der Waals surface area (Å²) in [5.74, 6) is 0. The van der Waals surface area contributed by atoms with Gasteiger partial charge in [0.15, 0.2) is 0 Å². The van der Waals surface area contributed by atoms with E-state index in [1.54, 1.807) is 0 Å². The molecule has 116 valence electrons. The lowest BCUT2D eigenvalue weighted by Crippen LogP contribution is -2.41. The van der Waals surface area contributed by atoms with E-state index in [1.165, 1.54) is 50.2 Å². The fourth-order valence-corrected chi connectivity index (χ4v) is 3.07. The Morgan fingerprint density at radius 3 is 2.62 bits per heavy atom. The summed E-state index contributed by atoms with van der Waals surface area (Å²) in [6.45, 7) is 4.31. The quantitative estimate of drug-likeness (QED) is 0.866. The van der Waals surface area contributed by atoms with Crippen LogP contribution in [0.25, 0.3) is 0 Å². The predicted molar refractivity (Wildman–Crippen MR) is 86.1 cm³/mol. The lowest BCUT2D eigenvalue weighted by molar-refractivity contribution is 0.138. The van der Waals surface area contributed by atoms with Crippen molar-refractivity contribution in [1.82, 2.24) is 20.1 Å². The van der Waals surface area contributed by atoms with Crippen LogP contribution in [0, 0.1) is 0 Å². The highest BCUT2D eigenvalue weighted by Gasteiger charge is 2.21. The number of piperidine rings is 1. The van der Waals surface area contributed by atoms with Crippen LogP contribution in [-0.2, 0) is 13.1 Å². The van der Waals surface area contributed by atoms with Crippen LogP contribution in [0.15, 0.2) is 18.2 Å². The van der Waals surface area contributed by atoms with E-state index in [2.05, 4.69) is 47.4 Å². The Hall–Kier alpha value is -0.970. The molecule has 2 heterocycles. The highest BCUT2D eigenvalue weighted by molar-refractivity contribution is 5.11. The number of likely N-dealkylation sites (tertiary alicyclic amines) is 1. The van der Waals surface area contributed by atoms with Crippen molar-refractivity contribution in [1.29, 1.82) is 0 Å². The molecule has 2 aliphatic rings. The van der Waals surface area contributed by atoms with Gasteiger partial charge in [-0.05, 0) is 65.0 Å². The van der Waals surface area contributed by atoms with Crippen molar-refractivity contribution >= 4 is 0 Å². The summed E-state index contributed by atoms with van der Waals surface area (Å²) in [7, 11) is 4.46. The molecule has 0 spiro atoms. The Morgan fingerprint density at radius 2 is 1.90 bits per heavy atom. The van der Waals surface area contributed by atoms with Gasteiger partial charge in [0.25, 0.3) is 0 Å². The van der Waals surface area contributed by atoms with Gasteiger partial charge >= 0.3 is 0 Å². The molecule has 1 saturated carbocycles. The first kappa shape index (κ1) is 14.9. The van der Waals surface area contributed by atoms with Gasteiger partial charge in [-0.3, -0.25) is 9.88 Å². The van der Waals surface area contributed by atoms with Gasteiger partial charge in [-0.25, -0.2) is 0 Å². The van der Waals surface area contributed by atoms with Crippen LogP contribution in [0.3, 0.4) is 0 Å². The Labute approximate surface area is 128 Å². The number of nitrogens with zero attached hydrogens (tertiary/aromatic N) is 3. The van der Waals surface area contributed by atoms with E-state index in [-0.39, 0.29) is 0 Å². The molecule has 3 rings (SSSR count). The molecule has 21 heavy (non-hydrogen) atoms. The molecule has 1 aliphatic carbocycles. The standard InChI is InChI=1S/C17H28N4/c1-20-10-8-17(9-11-20)21(2)13-16-5-3-4-15(19-16)12-18-14-6-7-14/h3-5,14,17-18H,6-13H2,1-2H3. The van der Waals surface area contributed by atoms with E-state index in [0.717, 1.165) is 19.1 Å². The summed E-state index contributed by atoms with van der Waals surface area (Å²) in [5, 5.41) is 3.54. The second-order valence-electron chi connectivity index (χ2n) is 6.73. The number of hydrogen-bond donors (Lipinski definition) is 1. The molecule has 1 aliphatic heterocycles. The summed E-state index contributed by atoms with van der Waals surface area (Å²) in [5.41, 5.74) is 2.38. The maximum atomic E-state index is 4.81. The molecule has 1 saturated heterocycles. The number of nitrogens with one attached hydrogen (secondary N) is 1. The zero-order chi connectivity index (χ0) is 14.7. The zero-order valence-corrected chi connectivity index (χ0v) is 13.4. The summed E-state index contributed by atoms with van der Waals surface area (Å²) < 4.78 is 0. The average molecular weight is 288 g/mol. The van der Waals surface area contributed by atoms with Crippen molar-refractivity contribution in [2.75, 3.05) is 27.2 Å². The SMILES string of the molecule is CN1CCC(N(C)Cc2cccc(CNC3CC3)n2)CC1. The third kappa shape index (κ3) is 4.50.